The Labute approximate surface area is 330 Å². The van der Waals surface area contributed by atoms with Crippen molar-refractivity contribution in [2.24, 2.45) is 0 Å². The second kappa shape index (κ2) is 16.0. The molecule has 56 heavy (non-hydrogen) atoms. The van der Waals surface area contributed by atoms with Crippen LogP contribution < -0.4 is 4.90 Å². The Morgan fingerprint density at radius 1 is 0.393 bits per heavy atom. The van der Waals surface area contributed by atoms with Gasteiger partial charge < -0.3 is 35.5 Å². The third-order valence-electron chi connectivity index (χ3n) is 11.9. The summed E-state index contributed by atoms with van der Waals surface area (Å²) in [4.78, 5) is 2.30. The Morgan fingerprint density at radius 2 is 0.714 bits per heavy atom. The number of aliphatic hydroxyl groups is 4. The molecule has 0 aliphatic heterocycles. The molecular formula is C49H53NO6. The van der Waals surface area contributed by atoms with Gasteiger partial charge in [0.1, 0.15) is 11.5 Å². The van der Waals surface area contributed by atoms with E-state index in [1.807, 2.05) is 19.1 Å². The molecule has 7 nitrogen and oxygen atoms in total. The zero-order chi connectivity index (χ0) is 40.5. The van der Waals surface area contributed by atoms with E-state index in [4.69, 9.17) is 0 Å². The van der Waals surface area contributed by atoms with Gasteiger partial charge in [0.05, 0.1) is 26.4 Å². The second-order valence-electron chi connectivity index (χ2n) is 15.7. The van der Waals surface area contributed by atoms with Gasteiger partial charge in [-0.05, 0) is 145 Å². The molecule has 0 aliphatic rings. The van der Waals surface area contributed by atoms with Crippen molar-refractivity contribution in [3.8, 4) is 11.5 Å². The zero-order valence-electron chi connectivity index (χ0n) is 33.4. The van der Waals surface area contributed by atoms with Gasteiger partial charge >= 0.3 is 0 Å². The summed E-state index contributed by atoms with van der Waals surface area (Å²) in [5, 5.41) is 62.1. The molecule has 290 valence electrons. The highest BCUT2D eigenvalue weighted by atomic mass is 16.3. The highest BCUT2D eigenvalue weighted by Crippen LogP contribution is 2.45. The van der Waals surface area contributed by atoms with Crippen molar-refractivity contribution in [3.05, 3.63) is 182 Å². The fourth-order valence-corrected chi connectivity index (χ4v) is 7.67. The van der Waals surface area contributed by atoms with E-state index < -0.39 is 37.3 Å². The first-order chi connectivity index (χ1) is 26.7. The molecule has 7 heteroatoms. The zero-order valence-corrected chi connectivity index (χ0v) is 33.4. The number of benzene rings is 6. The number of aromatic hydroxyl groups is 2. The summed E-state index contributed by atoms with van der Waals surface area (Å²) in [6.07, 6.45) is 0. The maximum absolute atomic E-state index is 10.7. The van der Waals surface area contributed by atoms with Crippen molar-refractivity contribution in [2.75, 3.05) is 4.90 Å². The van der Waals surface area contributed by atoms with Crippen LogP contribution in [0.5, 0.6) is 11.5 Å². The third-order valence-corrected chi connectivity index (χ3v) is 11.9. The van der Waals surface area contributed by atoms with Crippen LogP contribution in [0.15, 0.2) is 109 Å². The lowest BCUT2D eigenvalue weighted by Gasteiger charge is -2.35. The van der Waals surface area contributed by atoms with Gasteiger partial charge in [0, 0.05) is 50.1 Å². The van der Waals surface area contributed by atoms with E-state index in [1.165, 1.54) is 22.3 Å². The molecule has 6 N–H and O–H groups in total. The smallest absolute Gasteiger partial charge is 0.126 e. The van der Waals surface area contributed by atoms with Crippen molar-refractivity contribution in [2.45, 2.75) is 85.7 Å². The Kier molecular flexibility index (Phi) is 11.5. The molecule has 0 amide bonds. The molecule has 0 aromatic heterocycles. The van der Waals surface area contributed by atoms with Crippen molar-refractivity contribution in [1.82, 2.24) is 0 Å². The third kappa shape index (κ3) is 7.31. The summed E-state index contributed by atoms with van der Waals surface area (Å²) in [6.45, 7) is 13.1. The number of hydrogen-bond donors (Lipinski definition) is 6. The van der Waals surface area contributed by atoms with E-state index >= 15 is 0 Å². The molecule has 0 saturated carbocycles. The Hall–Kier alpha value is -5.44. The number of rotatable bonds is 12. The number of anilines is 3. The molecule has 0 spiro atoms. The van der Waals surface area contributed by atoms with Crippen LogP contribution in [0.25, 0.3) is 0 Å². The normalized spacial score (nSPS) is 11.9. The van der Waals surface area contributed by atoms with E-state index in [0.717, 1.165) is 33.8 Å². The van der Waals surface area contributed by atoms with Crippen LogP contribution in [0.4, 0.5) is 17.1 Å². The largest absolute Gasteiger partial charge is 0.507 e. The van der Waals surface area contributed by atoms with Crippen LogP contribution >= 0.6 is 0 Å². The average Bonchev–Trinajstić information content (AvgIpc) is 3.20. The molecular weight excluding hydrogens is 699 g/mol. The van der Waals surface area contributed by atoms with Crippen LogP contribution in [0.2, 0.25) is 0 Å². The monoisotopic (exact) mass is 751 g/mol. The molecule has 0 aliphatic carbocycles. The van der Waals surface area contributed by atoms with Crippen molar-refractivity contribution < 1.29 is 30.6 Å². The van der Waals surface area contributed by atoms with Gasteiger partial charge in [-0.2, -0.15) is 0 Å². The highest BCUT2D eigenvalue weighted by molar-refractivity contribution is 5.78. The van der Waals surface area contributed by atoms with Gasteiger partial charge in [-0.15, -0.1) is 0 Å². The molecule has 0 fully saturated rings. The predicted molar refractivity (Wildman–Crippen MR) is 224 cm³/mol. The first-order valence-corrected chi connectivity index (χ1v) is 19.0. The van der Waals surface area contributed by atoms with Crippen molar-refractivity contribution >= 4 is 17.1 Å². The van der Waals surface area contributed by atoms with Gasteiger partial charge in [-0.3, -0.25) is 0 Å². The molecule has 6 aromatic carbocycles. The lowest BCUT2D eigenvalue weighted by atomic mass is 9.68. The van der Waals surface area contributed by atoms with E-state index in [0.29, 0.717) is 11.1 Å². The molecule has 6 aromatic rings. The summed E-state index contributed by atoms with van der Waals surface area (Å²) in [6, 6.07) is 37.0. The fraction of sp³-hybridized carbons (Fsp3) is 0.265. The average molecular weight is 752 g/mol. The predicted octanol–water partition coefficient (Wildman–Crippen LogP) is 9.45. The maximum atomic E-state index is 10.7. The standard InChI is InChI=1S/C49H53NO6/c1-30-8-16-44(20-32(30)3)50(45-17-9-31(2)33(4)21-45)43-18-14-39(15-19-43)48(5,6)38-10-12-40(13-11-38)49(7,41-22-34(26-51)46(55)35(23-41)27-52)42-24-36(28-53)47(56)37(25-42)29-54/h8-25,51-56H,26-29H2,1-7H3. The molecule has 0 radical (unpaired) electrons. The van der Waals surface area contributed by atoms with Gasteiger partial charge in [0.2, 0.25) is 0 Å². The molecule has 0 heterocycles. The van der Waals surface area contributed by atoms with Gasteiger partial charge in [0.15, 0.2) is 0 Å². The van der Waals surface area contributed by atoms with E-state index in [2.05, 4.69) is 119 Å². The van der Waals surface area contributed by atoms with Crippen molar-refractivity contribution in [1.29, 1.82) is 0 Å². The molecule has 6 rings (SSSR count). The Balaban J connectivity index is 1.42. The fourth-order valence-electron chi connectivity index (χ4n) is 7.67. The topological polar surface area (TPSA) is 125 Å². The summed E-state index contributed by atoms with van der Waals surface area (Å²) in [5.41, 5.74) is 12.3. The highest BCUT2D eigenvalue weighted by Gasteiger charge is 2.35. The minimum Gasteiger partial charge on any atom is -0.507 e. The molecule has 0 atom stereocenters. The number of phenols is 2. The number of hydrogen-bond acceptors (Lipinski definition) is 7. The van der Waals surface area contributed by atoms with Crippen LogP contribution in [-0.2, 0) is 37.3 Å². The van der Waals surface area contributed by atoms with E-state index in [-0.39, 0.29) is 33.8 Å². The molecule has 0 unspecified atom stereocenters. The van der Waals surface area contributed by atoms with Gasteiger partial charge in [-0.25, -0.2) is 0 Å². The first kappa shape index (κ1) is 40.2. The van der Waals surface area contributed by atoms with Crippen LogP contribution in [0, 0.1) is 27.7 Å². The summed E-state index contributed by atoms with van der Waals surface area (Å²) in [7, 11) is 0. The minimum atomic E-state index is -0.973. The lowest BCUT2D eigenvalue weighted by molar-refractivity contribution is 0.263. The molecule has 0 bridgehead atoms. The van der Waals surface area contributed by atoms with Crippen LogP contribution in [-0.4, -0.2) is 30.6 Å². The molecule has 0 saturated heterocycles. The van der Waals surface area contributed by atoms with E-state index in [9.17, 15) is 30.6 Å². The first-order valence-electron chi connectivity index (χ1n) is 19.0. The van der Waals surface area contributed by atoms with Crippen LogP contribution in [0.3, 0.4) is 0 Å². The number of nitrogens with zero attached hydrogens (tertiary/aromatic N) is 1. The minimum absolute atomic E-state index is 0.173. The SMILES string of the molecule is Cc1ccc(N(c2ccc(C(C)(C)c3ccc(C(C)(c4cc(CO)c(O)c(CO)c4)c4cc(CO)c(O)c(CO)c4)cc3)cc2)c2ccc(C)c(C)c2)cc1C. The van der Waals surface area contributed by atoms with E-state index in [1.54, 1.807) is 24.3 Å². The maximum Gasteiger partial charge on any atom is 0.126 e. The Bertz CT molecular complexity index is 2200. The summed E-state index contributed by atoms with van der Waals surface area (Å²) < 4.78 is 0. The lowest BCUT2D eigenvalue weighted by Crippen LogP contribution is -2.27. The van der Waals surface area contributed by atoms with Crippen LogP contribution in [0.1, 0.15) is 93.1 Å². The van der Waals surface area contributed by atoms with Crippen molar-refractivity contribution in [3.63, 3.8) is 0 Å². The van der Waals surface area contributed by atoms with Gasteiger partial charge in [-0.1, -0.05) is 62.4 Å². The number of aryl methyl sites for hydroxylation is 4. The quantitative estimate of drug-likeness (QED) is 0.0689. The van der Waals surface area contributed by atoms with Gasteiger partial charge in [0.25, 0.3) is 0 Å². The second-order valence-corrected chi connectivity index (χ2v) is 15.7. The number of aliphatic hydroxyl groups excluding tert-OH is 4. The summed E-state index contributed by atoms with van der Waals surface area (Å²) >= 11 is 0. The Morgan fingerprint density at radius 3 is 1.05 bits per heavy atom. The summed E-state index contributed by atoms with van der Waals surface area (Å²) in [5.74, 6) is -0.346.